The fraction of sp³-hybridized carbons (Fsp3) is 0.619. The van der Waals surface area contributed by atoms with Gasteiger partial charge in [0.05, 0.1) is 6.61 Å². The van der Waals surface area contributed by atoms with Crippen LogP contribution >= 0.6 is 0 Å². The van der Waals surface area contributed by atoms with Crippen molar-refractivity contribution in [3.8, 4) is 5.75 Å². The van der Waals surface area contributed by atoms with Gasteiger partial charge in [-0.1, -0.05) is 18.2 Å². The number of aryl methyl sites for hydroxylation is 1. The summed E-state index contributed by atoms with van der Waals surface area (Å²) >= 11 is 0. The molecule has 2 heterocycles. The molecular formula is C21H30N2O4. The van der Waals surface area contributed by atoms with Crippen molar-refractivity contribution in [2.75, 3.05) is 26.3 Å². The molecule has 6 nitrogen and oxygen atoms in total. The number of piperidine rings is 1. The van der Waals surface area contributed by atoms with Crippen LogP contribution in [-0.4, -0.2) is 55.2 Å². The topological polar surface area (TPSA) is 67.9 Å². The molecule has 2 saturated heterocycles. The van der Waals surface area contributed by atoms with Crippen LogP contribution in [0.3, 0.4) is 0 Å². The fourth-order valence-electron chi connectivity index (χ4n) is 3.65. The van der Waals surface area contributed by atoms with E-state index < -0.39 is 0 Å². The Balaban J connectivity index is 1.30. The van der Waals surface area contributed by atoms with Gasteiger partial charge in [0, 0.05) is 32.2 Å². The van der Waals surface area contributed by atoms with E-state index >= 15 is 0 Å². The summed E-state index contributed by atoms with van der Waals surface area (Å²) in [5.41, 5.74) is 1.10. The number of carbonyl (C=O) groups excluding carboxylic acids is 2. The Kier molecular flexibility index (Phi) is 7.10. The van der Waals surface area contributed by atoms with Crippen molar-refractivity contribution < 1.29 is 19.1 Å². The molecule has 1 unspecified atom stereocenters. The zero-order valence-corrected chi connectivity index (χ0v) is 16.1. The van der Waals surface area contributed by atoms with E-state index in [1.807, 2.05) is 36.1 Å². The lowest BCUT2D eigenvalue weighted by atomic mass is 10.0. The quantitative estimate of drug-likeness (QED) is 0.745. The molecule has 148 valence electrons. The molecule has 0 spiro atoms. The molecule has 6 heteroatoms. The molecule has 0 bridgehead atoms. The SMILES string of the molecule is Cc1ccccc1OCCCC(=O)NC1CCN(C(=O)C2CCCO2)CC1. The summed E-state index contributed by atoms with van der Waals surface area (Å²) in [6.07, 6.45) is 4.33. The minimum Gasteiger partial charge on any atom is -0.493 e. The molecule has 0 aliphatic carbocycles. The molecular weight excluding hydrogens is 344 g/mol. The van der Waals surface area contributed by atoms with Crippen molar-refractivity contribution in [2.45, 2.75) is 57.6 Å². The van der Waals surface area contributed by atoms with Crippen LogP contribution in [0.2, 0.25) is 0 Å². The molecule has 2 aliphatic heterocycles. The van der Waals surface area contributed by atoms with E-state index in [0.717, 1.165) is 37.0 Å². The molecule has 0 radical (unpaired) electrons. The average molecular weight is 374 g/mol. The third-order valence-corrected chi connectivity index (χ3v) is 5.28. The summed E-state index contributed by atoms with van der Waals surface area (Å²) in [7, 11) is 0. The summed E-state index contributed by atoms with van der Waals surface area (Å²) in [5.74, 6) is 1.05. The summed E-state index contributed by atoms with van der Waals surface area (Å²) in [6.45, 7) is 4.63. The first-order valence-electron chi connectivity index (χ1n) is 10.0. The number of para-hydroxylation sites is 1. The zero-order valence-electron chi connectivity index (χ0n) is 16.1. The van der Waals surface area contributed by atoms with Gasteiger partial charge in [-0.2, -0.15) is 0 Å². The number of benzene rings is 1. The van der Waals surface area contributed by atoms with Crippen molar-refractivity contribution in [1.29, 1.82) is 0 Å². The highest BCUT2D eigenvalue weighted by molar-refractivity contribution is 5.81. The van der Waals surface area contributed by atoms with Crippen LogP contribution in [0.4, 0.5) is 0 Å². The van der Waals surface area contributed by atoms with E-state index in [9.17, 15) is 9.59 Å². The van der Waals surface area contributed by atoms with Crippen LogP contribution < -0.4 is 10.1 Å². The van der Waals surface area contributed by atoms with E-state index in [0.29, 0.717) is 39.1 Å². The van der Waals surface area contributed by atoms with Crippen LogP contribution in [0.15, 0.2) is 24.3 Å². The molecule has 2 fully saturated rings. The second-order valence-electron chi connectivity index (χ2n) is 7.39. The lowest BCUT2D eigenvalue weighted by molar-refractivity contribution is -0.142. The number of ether oxygens (including phenoxy) is 2. The molecule has 27 heavy (non-hydrogen) atoms. The average Bonchev–Trinajstić information content (AvgIpc) is 3.21. The van der Waals surface area contributed by atoms with Crippen molar-refractivity contribution in [3.63, 3.8) is 0 Å². The molecule has 3 rings (SSSR count). The smallest absolute Gasteiger partial charge is 0.251 e. The Morgan fingerprint density at radius 2 is 2.00 bits per heavy atom. The fourth-order valence-corrected chi connectivity index (χ4v) is 3.65. The minimum absolute atomic E-state index is 0.0623. The Morgan fingerprint density at radius 1 is 1.22 bits per heavy atom. The summed E-state index contributed by atoms with van der Waals surface area (Å²) in [5, 5.41) is 3.09. The first-order chi connectivity index (χ1) is 13.1. The van der Waals surface area contributed by atoms with E-state index in [1.165, 1.54) is 0 Å². The number of amides is 2. The van der Waals surface area contributed by atoms with Gasteiger partial charge in [0.25, 0.3) is 5.91 Å². The number of nitrogens with zero attached hydrogens (tertiary/aromatic N) is 1. The van der Waals surface area contributed by atoms with Crippen LogP contribution in [0.5, 0.6) is 5.75 Å². The highest BCUT2D eigenvalue weighted by Crippen LogP contribution is 2.19. The van der Waals surface area contributed by atoms with Gasteiger partial charge >= 0.3 is 0 Å². The van der Waals surface area contributed by atoms with Gasteiger partial charge in [-0.05, 0) is 50.7 Å². The second-order valence-corrected chi connectivity index (χ2v) is 7.39. The van der Waals surface area contributed by atoms with Gasteiger partial charge in [-0.25, -0.2) is 0 Å². The molecule has 0 aromatic heterocycles. The standard InChI is InChI=1S/C21H30N2O4/c1-16-6-2-3-7-18(16)26-15-5-9-20(24)22-17-10-12-23(13-11-17)21(25)19-8-4-14-27-19/h2-3,6-7,17,19H,4-5,8-15H2,1H3,(H,22,24). The monoisotopic (exact) mass is 374 g/mol. The third-order valence-electron chi connectivity index (χ3n) is 5.28. The van der Waals surface area contributed by atoms with Gasteiger partial charge in [-0.3, -0.25) is 9.59 Å². The highest BCUT2D eigenvalue weighted by Gasteiger charge is 2.31. The van der Waals surface area contributed by atoms with Crippen LogP contribution in [0.1, 0.15) is 44.1 Å². The Labute approximate surface area is 161 Å². The van der Waals surface area contributed by atoms with E-state index in [2.05, 4.69) is 5.32 Å². The first kappa shape index (κ1) is 19.7. The van der Waals surface area contributed by atoms with Gasteiger partial charge in [0.15, 0.2) is 0 Å². The molecule has 2 amide bonds. The van der Waals surface area contributed by atoms with Gasteiger partial charge in [-0.15, -0.1) is 0 Å². The minimum atomic E-state index is -0.246. The Morgan fingerprint density at radius 3 is 2.70 bits per heavy atom. The summed E-state index contributed by atoms with van der Waals surface area (Å²) in [6, 6.07) is 8.04. The van der Waals surface area contributed by atoms with Crippen molar-refractivity contribution >= 4 is 11.8 Å². The number of carbonyl (C=O) groups is 2. The zero-order chi connectivity index (χ0) is 19.1. The lowest BCUT2D eigenvalue weighted by Crippen LogP contribution is -2.49. The predicted molar refractivity (Wildman–Crippen MR) is 103 cm³/mol. The van der Waals surface area contributed by atoms with Crippen molar-refractivity contribution in [3.05, 3.63) is 29.8 Å². The number of likely N-dealkylation sites (tertiary alicyclic amines) is 1. The first-order valence-corrected chi connectivity index (χ1v) is 10.0. The molecule has 0 saturated carbocycles. The van der Waals surface area contributed by atoms with E-state index in [1.54, 1.807) is 0 Å². The maximum absolute atomic E-state index is 12.3. The number of rotatable bonds is 7. The van der Waals surface area contributed by atoms with Gasteiger partial charge in [0.1, 0.15) is 11.9 Å². The Bertz CT molecular complexity index is 635. The van der Waals surface area contributed by atoms with Crippen LogP contribution in [-0.2, 0) is 14.3 Å². The largest absolute Gasteiger partial charge is 0.493 e. The van der Waals surface area contributed by atoms with Crippen LogP contribution in [0, 0.1) is 6.92 Å². The molecule has 1 aromatic carbocycles. The van der Waals surface area contributed by atoms with Crippen molar-refractivity contribution in [1.82, 2.24) is 10.2 Å². The van der Waals surface area contributed by atoms with E-state index in [4.69, 9.17) is 9.47 Å². The maximum atomic E-state index is 12.3. The predicted octanol–water partition coefficient (Wildman–Crippen LogP) is 2.44. The summed E-state index contributed by atoms with van der Waals surface area (Å²) < 4.78 is 11.2. The number of nitrogens with one attached hydrogen (secondary N) is 1. The number of hydrogen-bond donors (Lipinski definition) is 1. The van der Waals surface area contributed by atoms with Gasteiger partial charge in [0.2, 0.25) is 5.91 Å². The van der Waals surface area contributed by atoms with Gasteiger partial charge < -0.3 is 19.7 Å². The van der Waals surface area contributed by atoms with Crippen LogP contribution in [0.25, 0.3) is 0 Å². The second kappa shape index (κ2) is 9.74. The molecule has 1 aromatic rings. The maximum Gasteiger partial charge on any atom is 0.251 e. The molecule has 1 atom stereocenters. The number of hydrogen-bond acceptors (Lipinski definition) is 4. The lowest BCUT2D eigenvalue weighted by Gasteiger charge is -2.33. The molecule has 2 aliphatic rings. The summed E-state index contributed by atoms with van der Waals surface area (Å²) in [4.78, 5) is 26.4. The van der Waals surface area contributed by atoms with Crippen molar-refractivity contribution in [2.24, 2.45) is 0 Å². The molecule has 1 N–H and O–H groups in total. The highest BCUT2D eigenvalue weighted by atomic mass is 16.5. The third kappa shape index (κ3) is 5.70. The van der Waals surface area contributed by atoms with E-state index in [-0.39, 0.29) is 24.0 Å². The Hall–Kier alpha value is -2.08. The normalized spacial score (nSPS) is 20.5.